The van der Waals surface area contributed by atoms with Crippen LogP contribution in [0.5, 0.6) is 0 Å². The number of nitrogens with one attached hydrogen (secondary N) is 1. The van der Waals surface area contributed by atoms with Crippen molar-refractivity contribution in [3.8, 4) is 0 Å². The van der Waals surface area contributed by atoms with E-state index >= 15 is 0 Å². The number of rotatable bonds is 2. The molecule has 2 heterocycles. The minimum absolute atomic E-state index is 0. The lowest BCUT2D eigenvalue weighted by molar-refractivity contribution is 0.177. The second-order valence-corrected chi connectivity index (χ2v) is 4.18. The van der Waals surface area contributed by atoms with E-state index in [2.05, 4.69) is 5.32 Å². The van der Waals surface area contributed by atoms with Crippen molar-refractivity contribution < 1.29 is 4.74 Å². The molecule has 2 fully saturated rings. The summed E-state index contributed by atoms with van der Waals surface area (Å²) in [5.41, 5.74) is 0. The zero-order chi connectivity index (χ0) is 8.23. The fraction of sp³-hybridized carbons (Fsp3) is 1.00. The normalized spacial score (nSPS) is 34.2. The maximum atomic E-state index is 5.38. The molecule has 2 atom stereocenters. The van der Waals surface area contributed by atoms with E-state index in [1.165, 1.54) is 38.8 Å². The first kappa shape index (κ1) is 11.3. The van der Waals surface area contributed by atoms with Crippen molar-refractivity contribution in [1.29, 1.82) is 0 Å². The first-order chi connectivity index (χ1) is 5.95. The number of hydrogen-bond donors (Lipinski definition) is 1. The van der Waals surface area contributed by atoms with Crippen LogP contribution in [0.4, 0.5) is 0 Å². The van der Waals surface area contributed by atoms with E-state index in [1.807, 2.05) is 0 Å². The molecule has 0 aromatic rings. The van der Waals surface area contributed by atoms with Crippen LogP contribution in [-0.4, -0.2) is 26.3 Å². The monoisotopic (exact) mass is 205 g/mol. The predicted octanol–water partition coefficient (Wildman–Crippen LogP) is 1.83. The van der Waals surface area contributed by atoms with Crippen molar-refractivity contribution in [2.45, 2.75) is 25.7 Å². The zero-order valence-electron chi connectivity index (χ0n) is 8.13. The molecular weight excluding hydrogens is 186 g/mol. The molecule has 0 spiro atoms. The molecule has 2 rings (SSSR count). The summed E-state index contributed by atoms with van der Waals surface area (Å²) in [5.74, 6) is 1.81. The average molecular weight is 206 g/mol. The zero-order valence-corrected chi connectivity index (χ0v) is 8.94. The molecule has 3 heteroatoms. The van der Waals surface area contributed by atoms with Gasteiger partial charge in [0, 0.05) is 13.2 Å². The standard InChI is InChI=1S/C10H19NO.ClH/c1-2-9(7-11-4-1)6-10-3-5-12-8-10;/h9-11H,1-8H2;1H. The first-order valence-corrected chi connectivity index (χ1v) is 5.23. The average Bonchev–Trinajstić information content (AvgIpc) is 2.59. The molecular formula is C10H20ClNO. The van der Waals surface area contributed by atoms with E-state index in [0.717, 1.165) is 25.0 Å². The summed E-state index contributed by atoms with van der Waals surface area (Å²) in [5, 5.41) is 3.47. The molecule has 1 N–H and O–H groups in total. The van der Waals surface area contributed by atoms with Crippen LogP contribution in [0, 0.1) is 11.8 Å². The maximum Gasteiger partial charge on any atom is 0.0495 e. The van der Waals surface area contributed by atoms with Crippen LogP contribution in [0.25, 0.3) is 0 Å². The van der Waals surface area contributed by atoms with Gasteiger partial charge in [0.05, 0.1) is 0 Å². The molecule has 2 saturated heterocycles. The van der Waals surface area contributed by atoms with Crippen LogP contribution >= 0.6 is 12.4 Å². The summed E-state index contributed by atoms with van der Waals surface area (Å²) in [6.45, 7) is 4.51. The van der Waals surface area contributed by atoms with E-state index in [0.29, 0.717) is 0 Å². The second kappa shape index (κ2) is 5.84. The lowest BCUT2D eigenvalue weighted by Crippen LogP contribution is -2.31. The summed E-state index contributed by atoms with van der Waals surface area (Å²) >= 11 is 0. The van der Waals surface area contributed by atoms with Crippen LogP contribution in [0.15, 0.2) is 0 Å². The smallest absolute Gasteiger partial charge is 0.0495 e. The Morgan fingerprint density at radius 3 is 2.77 bits per heavy atom. The van der Waals surface area contributed by atoms with E-state index in [1.54, 1.807) is 0 Å². The molecule has 2 unspecified atom stereocenters. The number of halogens is 1. The van der Waals surface area contributed by atoms with Gasteiger partial charge in [0.15, 0.2) is 0 Å². The van der Waals surface area contributed by atoms with E-state index in [-0.39, 0.29) is 12.4 Å². The van der Waals surface area contributed by atoms with Gasteiger partial charge in [0.1, 0.15) is 0 Å². The fourth-order valence-corrected chi connectivity index (χ4v) is 2.37. The topological polar surface area (TPSA) is 21.3 Å². The molecule has 0 bridgehead atoms. The van der Waals surface area contributed by atoms with Gasteiger partial charge in [-0.25, -0.2) is 0 Å². The van der Waals surface area contributed by atoms with E-state index in [9.17, 15) is 0 Å². The van der Waals surface area contributed by atoms with Crippen LogP contribution in [0.1, 0.15) is 25.7 Å². The minimum atomic E-state index is 0. The molecule has 2 aliphatic rings. The van der Waals surface area contributed by atoms with Crippen LogP contribution in [0.2, 0.25) is 0 Å². The molecule has 0 aromatic carbocycles. The third kappa shape index (κ3) is 3.45. The summed E-state index contributed by atoms with van der Waals surface area (Å²) in [7, 11) is 0. The van der Waals surface area contributed by atoms with Gasteiger partial charge in [0.2, 0.25) is 0 Å². The molecule has 13 heavy (non-hydrogen) atoms. The summed E-state index contributed by atoms with van der Waals surface area (Å²) < 4.78 is 5.38. The molecule has 0 amide bonds. The molecule has 0 aromatic heterocycles. The summed E-state index contributed by atoms with van der Waals surface area (Å²) in [6.07, 6.45) is 5.51. The Hall–Kier alpha value is 0.210. The number of hydrogen-bond acceptors (Lipinski definition) is 2. The number of piperidine rings is 1. The first-order valence-electron chi connectivity index (χ1n) is 5.23. The molecule has 0 radical (unpaired) electrons. The van der Waals surface area contributed by atoms with Crippen molar-refractivity contribution in [3.05, 3.63) is 0 Å². The van der Waals surface area contributed by atoms with Crippen LogP contribution < -0.4 is 5.32 Å². The van der Waals surface area contributed by atoms with Crippen molar-refractivity contribution in [3.63, 3.8) is 0 Å². The second-order valence-electron chi connectivity index (χ2n) is 4.18. The maximum absolute atomic E-state index is 5.38. The van der Waals surface area contributed by atoms with E-state index in [4.69, 9.17) is 4.74 Å². The lowest BCUT2D eigenvalue weighted by Gasteiger charge is -2.24. The van der Waals surface area contributed by atoms with Gasteiger partial charge in [0.25, 0.3) is 0 Å². The Labute approximate surface area is 86.8 Å². The molecule has 2 aliphatic heterocycles. The lowest BCUT2D eigenvalue weighted by atomic mass is 9.89. The third-order valence-electron chi connectivity index (χ3n) is 3.09. The van der Waals surface area contributed by atoms with Crippen molar-refractivity contribution >= 4 is 12.4 Å². The molecule has 2 nitrogen and oxygen atoms in total. The van der Waals surface area contributed by atoms with Crippen LogP contribution in [0.3, 0.4) is 0 Å². The Morgan fingerprint density at radius 1 is 1.23 bits per heavy atom. The molecule has 78 valence electrons. The van der Waals surface area contributed by atoms with Gasteiger partial charge >= 0.3 is 0 Å². The Morgan fingerprint density at radius 2 is 2.15 bits per heavy atom. The summed E-state index contributed by atoms with van der Waals surface area (Å²) in [4.78, 5) is 0. The Balaban J connectivity index is 0.000000845. The SMILES string of the molecule is C1CNCC(CC2CCOC2)C1.Cl. The largest absolute Gasteiger partial charge is 0.381 e. The summed E-state index contributed by atoms with van der Waals surface area (Å²) in [6, 6.07) is 0. The highest BCUT2D eigenvalue weighted by atomic mass is 35.5. The quantitative estimate of drug-likeness (QED) is 0.743. The Kier molecular flexibility index (Phi) is 5.07. The highest BCUT2D eigenvalue weighted by Gasteiger charge is 2.21. The number of ether oxygens (including phenoxy) is 1. The Bertz CT molecular complexity index is 131. The molecule has 0 aliphatic carbocycles. The van der Waals surface area contributed by atoms with Gasteiger partial charge in [-0.05, 0) is 50.6 Å². The third-order valence-corrected chi connectivity index (χ3v) is 3.09. The van der Waals surface area contributed by atoms with Gasteiger partial charge in [-0.2, -0.15) is 0 Å². The van der Waals surface area contributed by atoms with Gasteiger partial charge in [-0.15, -0.1) is 12.4 Å². The van der Waals surface area contributed by atoms with Gasteiger partial charge in [-0.3, -0.25) is 0 Å². The van der Waals surface area contributed by atoms with Crippen LogP contribution in [-0.2, 0) is 4.74 Å². The van der Waals surface area contributed by atoms with Crippen molar-refractivity contribution in [2.24, 2.45) is 11.8 Å². The fourth-order valence-electron chi connectivity index (χ4n) is 2.37. The highest BCUT2D eigenvalue weighted by Crippen LogP contribution is 2.24. The van der Waals surface area contributed by atoms with Gasteiger partial charge in [-0.1, -0.05) is 0 Å². The van der Waals surface area contributed by atoms with Crippen molar-refractivity contribution in [2.75, 3.05) is 26.3 Å². The predicted molar refractivity (Wildman–Crippen MR) is 56.4 cm³/mol. The highest BCUT2D eigenvalue weighted by molar-refractivity contribution is 5.85. The van der Waals surface area contributed by atoms with Crippen molar-refractivity contribution in [1.82, 2.24) is 5.32 Å². The molecule has 0 saturated carbocycles. The minimum Gasteiger partial charge on any atom is -0.381 e. The van der Waals surface area contributed by atoms with Gasteiger partial charge < -0.3 is 10.1 Å². The van der Waals surface area contributed by atoms with E-state index < -0.39 is 0 Å².